The summed E-state index contributed by atoms with van der Waals surface area (Å²) in [5.41, 5.74) is 2.19. The third kappa shape index (κ3) is 3.86. The van der Waals surface area contributed by atoms with Crippen LogP contribution in [-0.2, 0) is 4.74 Å². The van der Waals surface area contributed by atoms with E-state index < -0.39 is 0 Å². The van der Waals surface area contributed by atoms with Gasteiger partial charge < -0.3 is 14.7 Å². The van der Waals surface area contributed by atoms with Gasteiger partial charge in [-0.25, -0.2) is 4.79 Å². The van der Waals surface area contributed by atoms with E-state index in [0.29, 0.717) is 38.3 Å². The van der Waals surface area contributed by atoms with E-state index in [9.17, 15) is 9.90 Å². The minimum atomic E-state index is -0.278. The number of amides is 1. The van der Waals surface area contributed by atoms with Crippen molar-refractivity contribution < 1.29 is 14.6 Å². The van der Waals surface area contributed by atoms with E-state index in [-0.39, 0.29) is 17.9 Å². The molecule has 0 radical (unpaired) electrons. The van der Waals surface area contributed by atoms with E-state index in [1.165, 1.54) is 0 Å². The van der Waals surface area contributed by atoms with Crippen LogP contribution in [0.3, 0.4) is 0 Å². The minimum absolute atomic E-state index is 0.173. The molecule has 150 valence electrons. The number of phenols is 1. The first-order valence-corrected chi connectivity index (χ1v) is 9.82. The number of carbonyl (C=O) groups excluding carboxylic acids is 1. The second kappa shape index (κ2) is 8.45. The maximum atomic E-state index is 12.0. The molecule has 1 aliphatic heterocycles. The Hall–Kier alpha value is -3.19. The number of hydrogen-bond acceptors (Lipinski definition) is 6. The van der Waals surface area contributed by atoms with Crippen LogP contribution in [0.1, 0.15) is 24.2 Å². The fourth-order valence-electron chi connectivity index (χ4n) is 3.82. The number of fused-ring (bicyclic) bond motifs is 1. The molecule has 1 atom stereocenters. The Morgan fingerprint density at radius 3 is 2.59 bits per heavy atom. The largest absolute Gasteiger partial charge is 0.505 e. The van der Waals surface area contributed by atoms with Gasteiger partial charge >= 0.3 is 6.09 Å². The Labute approximate surface area is 169 Å². The zero-order chi connectivity index (χ0) is 20.2. The first kappa shape index (κ1) is 19.1. The third-order valence-electron chi connectivity index (χ3n) is 5.25. The monoisotopic (exact) mass is 392 g/mol. The quantitative estimate of drug-likeness (QED) is 0.735. The van der Waals surface area contributed by atoms with Gasteiger partial charge in [-0.05, 0) is 25.1 Å². The Morgan fingerprint density at radius 1 is 1.07 bits per heavy atom. The van der Waals surface area contributed by atoms with Crippen molar-refractivity contribution in [2.24, 2.45) is 0 Å². The average molecular weight is 392 g/mol. The second-order valence-corrected chi connectivity index (χ2v) is 6.96. The molecule has 29 heavy (non-hydrogen) atoms. The van der Waals surface area contributed by atoms with Crippen LogP contribution < -0.4 is 0 Å². The van der Waals surface area contributed by atoms with Gasteiger partial charge in [0.15, 0.2) is 0 Å². The number of phenolic OH excluding ortho intramolecular Hbond substituents is 1. The highest BCUT2D eigenvalue weighted by Crippen LogP contribution is 2.37. The highest BCUT2D eigenvalue weighted by atomic mass is 16.6. The Morgan fingerprint density at radius 2 is 1.86 bits per heavy atom. The predicted octanol–water partition coefficient (Wildman–Crippen LogP) is 3.20. The summed E-state index contributed by atoms with van der Waals surface area (Å²) in [7, 11) is 0. The van der Waals surface area contributed by atoms with Crippen molar-refractivity contribution in [2.75, 3.05) is 32.8 Å². The lowest BCUT2D eigenvalue weighted by Crippen LogP contribution is -2.50. The standard InChI is InChI=1S/C22H24N4O3/c1-2-29-22(28)26-14-12-25(13-15-26)20(18-7-3-4-10-23-18)17-9-8-16-6-5-11-24-19(16)21(17)27/h3-11,20,27H,2,12-15H2,1H3/t20-/m0/s1. The summed E-state index contributed by atoms with van der Waals surface area (Å²) in [4.78, 5) is 24.9. The molecule has 1 amide bonds. The fraction of sp³-hybridized carbons (Fsp3) is 0.318. The molecule has 1 saturated heterocycles. The number of carbonyl (C=O) groups is 1. The van der Waals surface area contributed by atoms with E-state index in [0.717, 1.165) is 16.6 Å². The SMILES string of the molecule is CCOC(=O)N1CCN([C@H](c2ccccn2)c2ccc3cccnc3c2O)CC1. The van der Waals surface area contributed by atoms with Crippen LogP contribution in [0.25, 0.3) is 10.9 Å². The van der Waals surface area contributed by atoms with Crippen LogP contribution >= 0.6 is 0 Å². The first-order valence-electron chi connectivity index (χ1n) is 9.82. The molecule has 1 aromatic carbocycles. The van der Waals surface area contributed by atoms with Gasteiger partial charge in [0.2, 0.25) is 0 Å². The molecular formula is C22H24N4O3. The molecule has 1 fully saturated rings. The third-order valence-corrected chi connectivity index (χ3v) is 5.25. The van der Waals surface area contributed by atoms with Crippen LogP contribution in [0.4, 0.5) is 4.79 Å². The van der Waals surface area contributed by atoms with Crippen molar-refractivity contribution in [1.82, 2.24) is 19.8 Å². The number of benzene rings is 1. The number of aromatic nitrogens is 2. The molecule has 3 aromatic rings. The molecule has 1 aliphatic rings. The molecular weight excluding hydrogens is 368 g/mol. The minimum Gasteiger partial charge on any atom is -0.505 e. The number of rotatable bonds is 4. The first-order chi connectivity index (χ1) is 14.2. The molecule has 7 heteroatoms. The summed E-state index contributed by atoms with van der Waals surface area (Å²) in [6, 6.07) is 13.3. The van der Waals surface area contributed by atoms with Crippen molar-refractivity contribution in [3.8, 4) is 5.75 Å². The average Bonchev–Trinajstić information content (AvgIpc) is 2.77. The number of nitrogens with zero attached hydrogens (tertiary/aromatic N) is 4. The highest BCUT2D eigenvalue weighted by molar-refractivity contribution is 5.85. The van der Waals surface area contributed by atoms with Crippen molar-refractivity contribution in [3.63, 3.8) is 0 Å². The molecule has 3 heterocycles. The van der Waals surface area contributed by atoms with Crippen LogP contribution in [0, 0.1) is 0 Å². The number of aromatic hydroxyl groups is 1. The molecule has 7 nitrogen and oxygen atoms in total. The molecule has 1 N–H and O–H groups in total. The molecule has 0 aliphatic carbocycles. The van der Waals surface area contributed by atoms with E-state index in [1.807, 2.05) is 49.4 Å². The van der Waals surface area contributed by atoms with Gasteiger partial charge in [-0.2, -0.15) is 0 Å². The number of pyridine rings is 2. The topological polar surface area (TPSA) is 78.8 Å². The number of hydrogen-bond donors (Lipinski definition) is 1. The second-order valence-electron chi connectivity index (χ2n) is 6.96. The van der Waals surface area contributed by atoms with Gasteiger partial charge in [0.25, 0.3) is 0 Å². The van der Waals surface area contributed by atoms with Crippen molar-refractivity contribution in [3.05, 3.63) is 66.1 Å². The normalized spacial score (nSPS) is 16.0. The summed E-state index contributed by atoms with van der Waals surface area (Å²) in [6.45, 7) is 4.61. The number of piperazine rings is 1. The number of ether oxygens (including phenoxy) is 1. The van der Waals surface area contributed by atoms with Gasteiger partial charge in [-0.1, -0.05) is 24.3 Å². The maximum Gasteiger partial charge on any atom is 0.409 e. The Bertz CT molecular complexity index is 988. The summed E-state index contributed by atoms with van der Waals surface area (Å²) >= 11 is 0. The van der Waals surface area contributed by atoms with Crippen molar-refractivity contribution >= 4 is 17.0 Å². The van der Waals surface area contributed by atoms with E-state index >= 15 is 0 Å². The van der Waals surface area contributed by atoms with E-state index in [4.69, 9.17) is 4.74 Å². The fourth-order valence-corrected chi connectivity index (χ4v) is 3.82. The zero-order valence-corrected chi connectivity index (χ0v) is 16.4. The summed E-state index contributed by atoms with van der Waals surface area (Å²) in [6.07, 6.45) is 3.16. The van der Waals surface area contributed by atoms with Gasteiger partial charge in [-0.3, -0.25) is 14.9 Å². The molecule has 2 aromatic heterocycles. The molecule has 0 saturated carbocycles. The van der Waals surface area contributed by atoms with Crippen LogP contribution in [0.2, 0.25) is 0 Å². The Balaban J connectivity index is 1.68. The molecule has 4 rings (SSSR count). The van der Waals surface area contributed by atoms with Gasteiger partial charge in [0.05, 0.1) is 18.3 Å². The lowest BCUT2D eigenvalue weighted by atomic mass is 9.97. The molecule has 0 spiro atoms. The van der Waals surface area contributed by atoms with Crippen LogP contribution in [-0.4, -0.2) is 63.8 Å². The molecule has 0 unspecified atom stereocenters. The predicted molar refractivity (Wildman–Crippen MR) is 110 cm³/mol. The zero-order valence-electron chi connectivity index (χ0n) is 16.4. The van der Waals surface area contributed by atoms with Gasteiger partial charge in [0, 0.05) is 49.5 Å². The highest BCUT2D eigenvalue weighted by Gasteiger charge is 2.31. The van der Waals surface area contributed by atoms with E-state index in [2.05, 4.69) is 14.9 Å². The van der Waals surface area contributed by atoms with E-state index in [1.54, 1.807) is 17.3 Å². The summed E-state index contributed by atoms with van der Waals surface area (Å²) in [5, 5.41) is 11.9. The van der Waals surface area contributed by atoms with Gasteiger partial charge in [0.1, 0.15) is 11.3 Å². The van der Waals surface area contributed by atoms with Crippen LogP contribution in [0.15, 0.2) is 54.9 Å². The van der Waals surface area contributed by atoms with Crippen molar-refractivity contribution in [2.45, 2.75) is 13.0 Å². The Kier molecular flexibility index (Phi) is 5.57. The maximum absolute atomic E-state index is 12.0. The summed E-state index contributed by atoms with van der Waals surface area (Å²) < 4.78 is 5.12. The lowest BCUT2D eigenvalue weighted by Gasteiger charge is -2.39. The van der Waals surface area contributed by atoms with Crippen molar-refractivity contribution in [1.29, 1.82) is 0 Å². The van der Waals surface area contributed by atoms with Gasteiger partial charge in [-0.15, -0.1) is 0 Å². The molecule has 0 bridgehead atoms. The summed E-state index contributed by atoms with van der Waals surface area (Å²) in [5.74, 6) is 0.173. The lowest BCUT2D eigenvalue weighted by molar-refractivity contribution is 0.0707. The smallest absolute Gasteiger partial charge is 0.409 e. The van der Waals surface area contributed by atoms with Crippen LogP contribution in [0.5, 0.6) is 5.75 Å².